The Morgan fingerprint density at radius 3 is 2.70 bits per heavy atom. The van der Waals surface area contributed by atoms with E-state index in [1.165, 1.54) is 12.8 Å². The van der Waals surface area contributed by atoms with Crippen molar-refractivity contribution in [3.63, 3.8) is 0 Å². The monoisotopic (exact) mass is 143 g/mol. The first-order valence-electron chi connectivity index (χ1n) is 4.21. The number of rotatable bonds is 5. The van der Waals surface area contributed by atoms with E-state index >= 15 is 0 Å². The first kappa shape index (κ1) is 8.02. The van der Waals surface area contributed by atoms with Gasteiger partial charge in [0.15, 0.2) is 0 Å². The maximum absolute atomic E-state index is 8.82. The highest BCUT2D eigenvalue weighted by molar-refractivity contribution is 4.81. The average molecular weight is 143 g/mol. The Kier molecular flexibility index (Phi) is 3.16. The van der Waals surface area contributed by atoms with Gasteiger partial charge in [0.2, 0.25) is 0 Å². The summed E-state index contributed by atoms with van der Waals surface area (Å²) in [5, 5.41) is 12.2. The van der Waals surface area contributed by atoms with Crippen molar-refractivity contribution in [2.45, 2.75) is 32.2 Å². The molecule has 0 amide bonds. The van der Waals surface area contributed by atoms with Gasteiger partial charge in [-0.3, -0.25) is 0 Å². The summed E-state index contributed by atoms with van der Waals surface area (Å²) < 4.78 is 0. The lowest BCUT2D eigenvalue weighted by atomic mass is 10.1. The maximum atomic E-state index is 8.82. The van der Waals surface area contributed by atoms with Crippen molar-refractivity contribution < 1.29 is 5.11 Å². The Morgan fingerprint density at radius 2 is 2.30 bits per heavy atom. The Balaban J connectivity index is 1.97. The predicted octanol–water partition coefficient (Wildman–Crippen LogP) is 0.757. The van der Waals surface area contributed by atoms with Gasteiger partial charge in [0.25, 0.3) is 0 Å². The number of nitrogens with one attached hydrogen (secondary N) is 1. The van der Waals surface area contributed by atoms with Gasteiger partial charge in [-0.15, -0.1) is 0 Å². The second-order valence-electron chi connectivity index (χ2n) is 3.14. The van der Waals surface area contributed by atoms with E-state index < -0.39 is 0 Å². The number of hydrogen-bond donors (Lipinski definition) is 2. The molecular weight excluding hydrogens is 126 g/mol. The van der Waals surface area contributed by atoms with Crippen LogP contribution in [-0.4, -0.2) is 24.3 Å². The predicted molar refractivity (Wildman–Crippen MR) is 41.9 cm³/mol. The van der Waals surface area contributed by atoms with Gasteiger partial charge in [0.05, 0.1) is 0 Å². The quantitative estimate of drug-likeness (QED) is 0.595. The molecule has 1 atom stereocenters. The van der Waals surface area contributed by atoms with Crippen LogP contribution in [0, 0.1) is 5.92 Å². The third-order valence-corrected chi connectivity index (χ3v) is 2.11. The second-order valence-corrected chi connectivity index (χ2v) is 3.14. The fourth-order valence-corrected chi connectivity index (χ4v) is 0.959. The number of aliphatic hydroxyl groups excluding tert-OH is 1. The van der Waals surface area contributed by atoms with E-state index in [2.05, 4.69) is 12.2 Å². The third kappa shape index (κ3) is 2.67. The van der Waals surface area contributed by atoms with Gasteiger partial charge in [-0.1, -0.05) is 6.92 Å². The van der Waals surface area contributed by atoms with E-state index in [-0.39, 0.29) is 0 Å². The summed E-state index contributed by atoms with van der Waals surface area (Å²) in [5.74, 6) is 0.473. The molecule has 1 aliphatic carbocycles. The molecule has 0 heterocycles. The van der Waals surface area contributed by atoms with Crippen molar-refractivity contribution in [3.8, 4) is 0 Å². The molecule has 2 N–H and O–H groups in total. The summed E-state index contributed by atoms with van der Waals surface area (Å²) in [5.41, 5.74) is 0. The Bertz CT molecular complexity index is 87.3. The van der Waals surface area contributed by atoms with E-state index in [9.17, 15) is 0 Å². The van der Waals surface area contributed by atoms with Gasteiger partial charge in [0.1, 0.15) is 0 Å². The fourth-order valence-electron chi connectivity index (χ4n) is 0.959. The molecular formula is C8H17NO. The van der Waals surface area contributed by atoms with Crippen molar-refractivity contribution in [1.82, 2.24) is 5.32 Å². The van der Waals surface area contributed by atoms with Gasteiger partial charge in [0, 0.05) is 19.2 Å². The standard InChI is InChI=1S/C8H17NO/c1-2-7(6-10)5-9-8-3-4-8/h7-10H,2-6H2,1H3. The van der Waals surface area contributed by atoms with Crippen LogP contribution in [0.1, 0.15) is 26.2 Å². The Morgan fingerprint density at radius 1 is 1.60 bits per heavy atom. The summed E-state index contributed by atoms with van der Waals surface area (Å²) in [6.07, 6.45) is 3.75. The summed E-state index contributed by atoms with van der Waals surface area (Å²) in [4.78, 5) is 0. The summed E-state index contributed by atoms with van der Waals surface area (Å²) in [6.45, 7) is 3.45. The van der Waals surface area contributed by atoms with Crippen molar-refractivity contribution >= 4 is 0 Å². The van der Waals surface area contributed by atoms with E-state index in [0.29, 0.717) is 12.5 Å². The van der Waals surface area contributed by atoms with E-state index in [4.69, 9.17) is 5.11 Å². The van der Waals surface area contributed by atoms with Crippen LogP contribution in [0.2, 0.25) is 0 Å². The second kappa shape index (κ2) is 3.94. The minimum atomic E-state index is 0.330. The van der Waals surface area contributed by atoms with Crippen LogP contribution in [0.15, 0.2) is 0 Å². The first-order valence-corrected chi connectivity index (χ1v) is 4.21. The summed E-state index contributed by atoms with van der Waals surface area (Å²) in [6, 6.07) is 0.778. The van der Waals surface area contributed by atoms with Gasteiger partial charge >= 0.3 is 0 Å². The minimum absolute atomic E-state index is 0.330. The molecule has 1 fully saturated rings. The van der Waals surface area contributed by atoms with Crippen molar-refractivity contribution in [3.05, 3.63) is 0 Å². The van der Waals surface area contributed by atoms with Crippen LogP contribution in [0.5, 0.6) is 0 Å². The molecule has 0 aliphatic heterocycles. The molecule has 10 heavy (non-hydrogen) atoms. The zero-order valence-corrected chi connectivity index (χ0v) is 6.64. The molecule has 2 nitrogen and oxygen atoms in total. The van der Waals surface area contributed by atoms with E-state index in [1.807, 2.05) is 0 Å². The van der Waals surface area contributed by atoms with Crippen molar-refractivity contribution in [1.29, 1.82) is 0 Å². The highest BCUT2D eigenvalue weighted by Crippen LogP contribution is 2.18. The van der Waals surface area contributed by atoms with Crippen LogP contribution in [-0.2, 0) is 0 Å². The molecule has 60 valence electrons. The highest BCUT2D eigenvalue weighted by Gasteiger charge is 2.20. The Hall–Kier alpha value is -0.0800. The van der Waals surface area contributed by atoms with Crippen molar-refractivity contribution in [2.75, 3.05) is 13.2 Å². The Labute approximate surface area is 62.6 Å². The molecule has 0 radical (unpaired) electrons. The van der Waals surface area contributed by atoms with Crippen LogP contribution in [0.4, 0.5) is 0 Å². The van der Waals surface area contributed by atoms with Gasteiger partial charge in [-0.05, 0) is 25.2 Å². The fraction of sp³-hybridized carbons (Fsp3) is 1.00. The molecule has 1 saturated carbocycles. The van der Waals surface area contributed by atoms with Crippen LogP contribution in [0.25, 0.3) is 0 Å². The normalized spacial score (nSPS) is 21.0. The molecule has 0 aromatic rings. The average Bonchev–Trinajstić information content (AvgIpc) is 2.74. The lowest BCUT2D eigenvalue weighted by Gasteiger charge is -2.11. The lowest BCUT2D eigenvalue weighted by molar-refractivity contribution is 0.218. The van der Waals surface area contributed by atoms with Gasteiger partial charge in [-0.2, -0.15) is 0 Å². The molecule has 1 unspecified atom stereocenters. The maximum Gasteiger partial charge on any atom is 0.0471 e. The molecule has 2 heteroatoms. The molecule has 0 saturated heterocycles. The van der Waals surface area contributed by atoms with Crippen LogP contribution in [0.3, 0.4) is 0 Å². The van der Waals surface area contributed by atoms with Crippen LogP contribution >= 0.6 is 0 Å². The minimum Gasteiger partial charge on any atom is -0.396 e. The van der Waals surface area contributed by atoms with Crippen molar-refractivity contribution in [2.24, 2.45) is 5.92 Å². The van der Waals surface area contributed by atoms with Gasteiger partial charge < -0.3 is 10.4 Å². The first-order chi connectivity index (χ1) is 4.86. The van der Waals surface area contributed by atoms with Gasteiger partial charge in [-0.25, -0.2) is 0 Å². The molecule has 0 spiro atoms. The topological polar surface area (TPSA) is 32.3 Å². The highest BCUT2D eigenvalue weighted by atomic mass is 16.3. The molecule has 1 rings (SSSR count). The molecule has 0 aromatic carbocycles. The molecule has 0 aromatic heterocycles. The SMILES string of the molecule is CCC(CO)CNC1CC1. The largest absolute Gasteiger partial charge is 0.396 e. The summed E-state index contributed by atoms with van der Waals surface area (Å²) in [7, 11) is 0. The molecule has 1 aliphatic rings. The third-order valence-electron chi connectivity index (χ3n) is 2.11. The zero-order valence-electron chi connectivity index (χ0n) is 6.64. The number of aliphatic hydroxyl groups is 1. The van der Waals surface area contributed by atoms with E-state index in [1.54, 1.807) is 0 Å². The number of hydrogen-bond acceptors (Lipinski definition) is 2. The lowest BCUT2D eigenvalue weighted by Crippen LogP contribution is -2.26. The van der Waals surface area contributed by atoms with E-state index in [0.717, 1.165) is 19.0 Å². The summed E-state index contributed by atoms with van der Waals surface area (Å²) >= 11 is 0. The zero-order chi connectivity index (χ0) is 7.40. The smallest absolute Gasteiger partial charge is 0.0471 e. The molecule has 0 bridgehead atoms. The van der Waals surface area contributed by atoms with Crippen LogP contribution < -0.4 is 5.32 Å².